The number of hydrogen-bond acceptors (Lipinski definition) is 3. The Morgan fingerprint density at radius 3 is 2.36 bits per heavy atom. The zero-order valence-corrected chi connectivity index (χ0v) is 7.94. The Bertz CT molecular complexity index is 247. The van der Waals surface area contributed by atoms with Crippen LogP contribution in [0.2, 0.25) is 0 Å². The Hall–Kier alpha value is -1.32. The zero-order chi connectivity index (χ0) is 10.6. The van der Waals surface area contributed by atoms with Crippen molar-refractivity contribution in [3.05, 3.63) is 12.8 Å². The molecule has 2 atom stereocenters. The van der Waals surface area contributed by atoms with E-state index in [9.17, 15) is 9.59 Å². The van der Waals surface area contributed by atoms with E-state index in [-0.39, 0.29) is 0 Å². The third-order valence-electron chi connectivity index (χ3n) is 2.59. The van der Waals surface area contributed by atoms with E-state index in [1.807, 2.05) is 0 Å². The van der Waals surface area contributed by atoms with Crippen LogP contribution in [-0.2, 0) is 14.3 Å². The molecule has 0 aromatic heterocycles. The number of aliphatic carboxylic acids is 1. The van der Waals surface area contributed by atoms with Crippen molar-refractivity contribution in [3.8, 4) is 0 Å². The minimum atomic E-state index is -0.907. The summed E-state index contributed by atoms with van der Waals surface area (Å²) in [4.78, 5) is 22.2. The standard InChI is InChI=1S/C10H14O4/c1-2-14-10(13)8-6-4-3-5-7(8)9(11)12/h2,7-8H,1,3-6H2,(H,11,12). The van der Waals surface area contributed by atoms with Gasteiger partial charge in [-0.25, -0.2) is 0 Å². The van der Waals surface area contributed by atoms with Crippen molar-refractivity contribution in [3.63, 3.8) is 0 Å². The van der Waals surface area contributed by atoms with Gasteiger partial charge in [0.2, 0.25) is 0 Å². The van der Waals surface area contributed by atoms with Gasteiger partial charge in [0.25, 0.3) is 0 Å². The second kappa shape index (κ2) is 4.79. The highest BCUT2D eigenvalue weighted by Crippen LogP contribution is 2.31. The minimum absolute atomic E-state index is 0.466. The van der Waals surface area contributed by atoms with E-state index >= 15 is 0 Å². The van der Waals surface area contributed by atoms with Crippen LogP contribution in [0.15, 0.2) is 12.8 Å². The fourth-order valence-corrected chi connectivity index (χ4v) is 1.88. The van der Waals surface area contributed by atoms with Crippen molar-refractivity contribution in [2.45, 2.75) is 25.7 Å². The molecule has 14 heavy (non-hydrogen) atoms. The number of rotatable bonds is 3. The molecule has 1 saturated carbocycles. The van der Waals surface area contributed by atoms with Gasteiger partial charge in [0.05, 0.1) is 18.1 Å². The molecule has 0 aromatic rings. The van der Waals surface area contributed by atoms with Gasteiger partial charge in [0.1, 0.15) is 0 Å². The number of carbonyl (C=O) groups excluding carboxylic acids is 1. The first-order valence-electron chi connectivity index (χ1n) is 4.71. The SMILES string of the molecule is C=COC(=O)C1CCCCC1C(=O)O. The molecule has 0 aromatic carbocycles. The second-order valence-electron chi connectivity index (χ2n) is 3.44. The molecular formula is C10H14O4. The van der Waals surface area contributed by atoms with E-state index in [1.165, 1.54) is 0 Å². The lowest BCUT2D eigenvalue weighted by Crippen LogP contribution is -2.33. The van der Waals surface area contributed by atoms with Crippen LogP contribution in [0, 0.1) is 11.8 Å². The molecule has 78 valence electrons. The van der Waals surface area contributed by atoms with Gasteiger partial charge in [-0.3, -0.25) is 9.59 Å². The fraction of sp³-hybridized carbons (Fsp3) is 0.600. The van der Waals surface area contributed by atoms with Crippen LogP contribution in [0.5, 0.6) is 0 Å². The summed E-state index contributed by atoms with van der Waals surface area (Å²) in [5.41, 5.74) is 0. The zero-order valence-electron chi connectivity index (χ0n) is 7.94. The maximum absolute atomic E-state index is 11.4. The maximum atomic E-state index is 11.4. The van der Waals surface area contributed by atoms with Crippen LogP contribution in [0.3, 0.4) is 0 Å². The van der Waals surface area contributed by atoms with Crippen LogP contribution in [0.1, 0.15) is 25.7 Å². The molecule has 2 unspecified atom stereocenters. The van der Waals surface area contributed by atoms with Gasteiger partial charge in [-0.05, 0) is 12.8 Å². The quantitative estimate of drug-likeness (QED) is 0.552. The summed E-state index contributed by atoms with van der Waals surface area (Å²) in [6.07, 6.45) is 3.97. The molecule has 0 saturated heterocycles. The molecule has 4 heteroatoms. The smallest absolute Gasteiger partial charge is 0.314 e. The lowest BCUT2D eigenvalue weighted by Gasteiger charge is -2.25. The summed E-state index contributed by atoms with van der Waals surface area (Å²) in [7, 11) is 0. The Balaban J connectivity index is 2.66. The Kier molecular flexibility index (Phi) is 3.68. The van der Waals surface area contributed by atoms with Crippen molar-refractivity contribution in [1.82, 2.24) is 0 Å². The number of carboxylic acid groups (broad SMARTS) is 1. The molecule has 1 N–H and O–H groups in total. The van der Waals surface area contributed by atoms with E-state index < -0.39 is 23.8 Å². The second-order valence-corrected chi connectivity index (χ2v) is 3.44. The van der Waals surface area contributed by atoms with Crippen LogP contribution < -0.4 is 0 Å². The number of ether oxygens (including phenoxy) is 1. The average molecular weight is 198 g/mol. The fourth-order valence-electron chi connectivity index (χ4n) is 1.88. The van der Waals surface area contributed by atoms with Gasteiger partial charge in [0.15, 0.2) is 0 Å². The molecule has 0 bridgehead atoms. The highest BCUT2D eigenvalue weighted by molar-refractivity contribution is 5.81. The van der Waals surface area contributed by atoms with Crippen LogP contribution in [-0.4, -0.2) is 17.0 Å². The van der Waals surface area contributed by atoms with Gasteiger partial charge < -0.3 is 9.84 Å². The topological polar surface area (TPSA) is 63.6 Å². The van der Waals surface area contributed by atoms with Gasteiger partial charge >= 0.3 is 11.9 Å². The lowest BCUT2D eigenvalue weighted by atomic mass is 9.79. The lowest BCUT2D eigenvalue weighted by molar-refractivity contribution is -0.156. The van der Waals surface area contributed by atoms with Crippen molar-refractivity contribution in [2.24, 2.45) is 11.8 Å². The first kappa shape index (κ1) is 10.8. The van der Waals surface area contributed by atoms with E-state index in [4.69, 9.17) is 5.11 Å². The van der Waals surface area contributed by atoms with Crippen LogP contribution in [0.25, 0.3) is 0 Å². The first-order valence-corrected chi connectivity index (χ1v) is 4.71. The van der Waals surface area contributed by atoms with E-state index in [2.05, 4.69) is 11.3 Å². The van der Waals surface area contributed by atoms with Crippen molar-refractivity contribution in [1.29, 1.82) is 0 Å². The molecule has 1 fully saturated rings. The normalized spacial score (nSPS) is 26.6. The number of carboxylic acids is 1. The van der Waals surface area contributed by atoms with Crippen molar-refractivity contribution < 1.29 is 19.4 Å². The monoisotopic (exact) mass is 198 g/mol. The maximum Gasteiger partial charge on any atom is 0.314 e. The molecule has 1 aliphatic rings. The number of hydrogen-bond donors (Lipinski definition) is 1. The Morgan fingerprint density at radius 2 is 1.86 bits per heavy atom. The molecule has 0 aliphatic heterocycles. The molecule has 4 nitrogen and oxygen atoms in total. The Morgan fingerprint density at radius 1 is 1.29 bits per heavy atom. The Labute approximate surface area is 82.6 Å². The van der Waals surface area contributed by atoms with Crippen molar-refractivity contribution >= 4 is 11.9 Å². The van der Waals surface area contributed by atoms with E-state index in [0.717, 1.165) is 19.1 Å². The first-order chi connectivity index (χ1) is 6.66. The summed E-state index contributed by atoms with van der Waals surface area (Å²) in [5.74, 6) is -2.46. The summed E-state index contributed by atoms with van der Waals surface area (Å²) < 4.78 is 4.62. The highest BCUT2D eigenvalue weighted by Gasteiger charge is 2.36. The molecule has 0 heterocycles. The van der Waals surface area contributed by atoms with Gasteiger partial charge in [-0.2, -0.15) is 0 Å². The summed E-state index contributed by atoms with van der Waals surface area (Å²) in [5, 5.41) is 8.89. The van der Waals surface area contributed by atoms with Gasteiger partial charge in [-0.1, -0.05) is 19.4 Å². The summed E-state index contributed by atoms with van der Waals surface area (Å²) >= 11 is 0. The van der Waals surface area contributed by atoms with Crippen molar-refractivity contribution in [2.75, 3.05) is 0 Å². The number of esters is 1. The summed E-state index contributed by atoms with van der Waals surface area (Å²) in [6.45, 7) is 3.27. The van der Waals surface area contributed by atoms with Gasteiger partial charge in [0, 0.05) is 0 Å². The largest absolute Gasteiger partial charge is 0.481 e. The predicted octanol–water partition coefficient (Wildman–Crippen LogP) is 1.56. The predicted molar refractivity (Wildman–Crippen MR) is 49.4 cm³/mol. The number of carbonyl (C=O) groups is 2. The van der Waals surface area contributed by atoms with Crippen LogP contribution >= 0.6 is 0 Å². The average Bonchev–Trinajstić information content (AvgIpc) is 2.18. The highest BCUT2D eigenvalue weighted by atomic mass is 16.5. The molecule has 1 rings (SSSR count). The van der Waals surface area contributed by atoms with E-state index in [1.54, 1.807) is 0 Å². The molecule has 0 spiro atoms. The third-order valence-corrected chi connectivity index (χ3v) is 2.59. The molecule has 0 amide bonds. The van der Waals surface area contributed by atoms with E-state index in [0.29, 0.717) is 12.8 Å². The van der Waals surface area contributed by atoms with Gasteiger partial charge in [-0.15, -0.1) is 0 Å². The molecular weight excluding hydrogens is 184 g/mol. The molecule has 1 aliphatic carbocycles. The van der Waals surface area contributed by atoms with Crippen LogP contribution in [0.4, 0.5) is 0 Å². The summed E-state index contributed by atoms with van der Waals surface area (Å²) in [6, 6.07) is 0. The molecule has 0 radical (unpaired) electrons. The third kappa shape index (κ3) is 2.34. The minimum Gasteiger partial charge on any atom is -0.481 e.